The quantitative estimate of drug-likeness (QED) is 0.640. The van der Waals surface area contributed by atoms with E-state index >= 15 is 0 Å². The molecule has 0 bridgehead atoms. The van der Waals surface area contributed by atoms with Crippen molar-refractivity contribution in [3.05, 3.63) is 27.3 Å². The van der Waals surface area contributed by atoms with Crippen molar-refractivity contribution < 1.29 is 4.79 Å². The third kappa shape index (κ3) is 3.86. The van der Waals surface area contributed by atoms with Crippen molar-refractivity contribution in [3.8, 4) is 0 Å². The van der Waals surface area contributed by atoms with E-state index in [0.717, 1.165) is 3.57 Å². The minimum atomic E-state index is -0.0401. The zero-order chi connectivity index (χ0) is 13.9. The lowest BCUT2D eigenvalue weighted by atomic mass is 9.81. The number of rotatable bonds is 4. The Hall–Kier alpha value is -0.780. The van der Waals surface area contributed by atoms with Crippen molar-refractivity contribution in [1.82, 2.24) is 5.32 Å². The van der Waals surface area contributed by atoms with Crippen LogP contribution in [0.3, 0.4) is 0 Å². The summed E-state index contributed by atoms with van der Waals surface area (Å²) in [4.78, 5) is 12.0. The average molecular weight is 360 g/mol. The smallest absolute Gasteiger partial charge is 0.251 e. The van der Waals surface area contributed by atoms with Gasteiger partial charge in [0.2, 0.25) is 0 Å². The lowest BCUT2D eigenvalue weighted by molar-refractivity contribution is 0.0925. The van der Waals surface area contributed by atoms with Gasteiger partial charge in [-0.1, -0.05) is 27.7 Å². The van der Waals surface area contributed by atoms with E-state index in [9.17, 15) is 4.79 Å². The molecule has 0 atom stereocenters. The van der Waals surface area contributed by atoms with Crippen molar-refractivity contribution in [2.75, 3.05) is 12.3 Å². The highest BCUT2D eigenvalue weighted by Crippen LogP contribution is 2.25. The fourth-order valence-electron chi connectivity index (χ4n) is 1.28. The molecule has 3 N–H and O–H groups in total. The number of nitrogens with one attached hydrogen (secondary N) is 1. The highest BCUT2D eigenvalue weighted by atomic mass is 127. The van der Waals surface area contributed by atoms with Crippen LogP contribution in [0.4, 0.5) is 5.69 Å². The Morgan fingerprint density at radius 3 is 2.56 bits per heavy atom. The van der Waals surface area contributed by atoms with Crippen molar-refractivity contribution >= 4 is 34.2 Å². The van der Waals surface area contributed by atoms with Gasteiger partial charge in [0.05, 0.1) is 0 Å². The molecule has 100 valence electrons. The van der Waals surface area contributed by atoms with Crippen molar-refractivity contribution in [3.63, 3.8) is 0 Å². The molecule has 0 radical (unpaired) electrons. The van der Waals surface area contributed by atoms with Crippen molar-refractivity contribution in [2.24, 2.45) is 11.3 Å². The number of hydrogen-bond donors (Lipinski definition) is 2. The molecule has 0 aromatic heterocycles. The summed E-state index contributed by atoms with van der Waals surface area (Å²) in [7, 11) is 0. The minimum Gasteiger partial charge on any atom is -0.398 e. The molecule has 18 heavy (non-hydrogen) atoms. The van der Waals surface area contributed by atoms with Gasteiger partial charge in [-0.25, -0.2) is 0 Å². The lowest BCUT2D eigenvalue weighted by Gasteiger charge is -2.29. The van der Waals surface area contributed by atoms with E-state index in [1.807, 2.05) is 6.07 Å². The SMILES string of the molecule is CC(C)C(C)(C)CNC(=O)c1ccc(N)c(I)c1. The number of benzene rings is 1. The summed E-state index contributed by atoms with van der Waals surface area (Å²) in [5.41, 5.74) is 7.19. The topological polar surface area (TPSA) is 55.1 Å². The minimum absolute atomic E-state index is 0.0401. The third-order valence-corrected chi connectivity index (χ3v) is 4.46. The Bertz CT molecular complexity index is 441. The molecule has 3 nitrogen and oxygen atoms in total. The third-order valence-electron chi connectivity index (χ3n) is 3.53. The van der Waals surface area contributed by atoms with E-state index in [1.165, 1.54) is 0 Å². The summed E-state index contributed by atoms with van der Waals surface area (Å²) >= 11 is 2.13. The molecule has 0 aliphatic carbocycles. The van der Waals surface area contributed by atoms with E-state index in [-0.39, 0.29) is 11.3 Å². The molecule has 1 rings (SSSR count). The fraction of sp³-hybridized carbons (Fsp3) is 0.500. The first-order valence-corrected chi connectivity index (χ1v) is 7.15. The van der Waals surface area contributed by atoms with Gasteiger partial charge in [-0.15, -0.1) is 0 Å². The molecule has 0 saturated carbocycles. The molecular formula is C14H21IN2O. The van der Waals surface area contributed by atoms with E-state index in [4.69, 9.17) is 5.73 Å². The van der Waals surface area contributed by atoms with Crippen LogP contribution in [0, 0.1) is 14.9 Å². The summed E-state index contributed by atoms with van der Waals surface area (Å²) in [6, 6.07) is 5.34. The van der Waals surface area contributed by atoms with Gasteiger partial charge in [-0.3, -0.25) is 4.79 Å². The molecule has 0 aliphatic rings. The van der Waals surface area contributed by atoms with Gasteiger partial charge in [0.25, 0.3) is 5.91 Å². The Morgan fingerprint density at radius 2 is 2.06 bits per heavy atom. The van der Waals surface area contributed by atoms with Crippen LogP contribution in [0.1, 0.15) is 38.1 Å². The van der Waals surface area contributed by atoms with Crippen LogP contribution in [-0.4, -0.2) is 12.5 Å². The molecule has 0 saturated heterocycles. The van der Waals surface area contributed by atoms with Gasteiger partial charge < -0.3 is 11.1 Å². The van der Waals surface area contributed by atoms with Gasteiger partial charge >= 0.3 is 0 Å². The second kappa shape index (κ2) is 5.91. The summed E-state index contributed by atoms with van der Waals surface area (Å²) in [5, 5.41) is 2.98. The van der Waals surface area contributed by atoms with Crippen molar-refractivity contribution in [2.45, 2.75) is 27.7 Å². The number of hydrogen-bond acceptors (Lipinski definition) is 2. The molecule has 1 aromatic carbocycles. The van der Waals surface area contributed by atoms with Crippen LogP contribution in [0.5, 0.6) is 0 Å². The number of amides is 1. The fourth-order valence-corrected chi connectivity index (χ4v) is 1.80. The summed E-state index contributed by atoms with van der Waals surface area (Å²) in [5.74, 6) is 0.478. The maximum absolute atomic E-state index is 12.0. The Kier molecular flexibility index (Phi) is 5.01. The Balaban J connectivity index is 2.69. The Labute approximate surface area is 123 Å². The van der Waals surface area contributed by atoms with Crippen LogP contribution in [0.2, 0.25) is 0 Å². The largest absolute Gasteiger partial charge is 0.398 e. The van der Waals surface area contributed by atoms with Crippen LogP contribution in [-0.2, 0) is 0 Å². The maximum atomic E-state index is 12.0. The van der Waals surface area contributed by atoms with Crippen LogP contribution < -0.4 is 11.1 Å². The van der Waals surface area contributed by atoms with E-state index in [2.05, 4.69) is 55.6 Å². The predicted octanol–water partition coefficient (Wildman–Crippen LogP) is 3.29. The number of carbonyl (C=O) groups excluding carboxylic acids is 1. The number of nitrogen functional groups attached to an aromatic ring is 1. The van der Waals surface area contributed by atoms with Gasteiger partial charge in [0.1, 0.15) is 0 Å². The maximum Gasteiger partial charge on any atom is 0.251 e. The summed E-state index contributed by atoms with van der Waals surface area (Å²) < 4.78 is 0.906. The van der Waals surface area contributed by atoms with E-state index in [1.54, 1.807) is 12.1 Å². The summed E-state index contributed by atoms with van der Waals surface area (Å²) in [6.07, 6.45) is 0. The zero-order valence-electron chi connectivity index (χ0n) is 11.4. The monoisotopic (exact) mass is 360 g/mol. The van der Waals surface area contributed by atoms with Crippen LogP contribution >= 0.6 is 22.6 Å². The van der Waals surface area contributed by atoms with Gasteiger partial charge in [0.15, 0.2) is 0 Å². The number of anilines is 1. The first kappa shape index (κ1) is 15.3. The molecule has 1 aromatic rings. The Morgan fingerprint density at radius 1 is 1.44 bits per heavy atom. The van der Waals surface area contributed by atoms with E-state index in [0.29, 0.717) is 23.7 Å². The first-order valence-electron chi connectivity index (χ1n) is 6.07. The van der Waals surface area contributed by atoms with Crippen LogP contribution in [0.15, 0.2) is 18.2 Å². The van der Waals surface area contributed by atoms with Crippen LogP contribution in [0.25, 0.3) is 0 Å². The number of halogens is 1. The highest BCUT2D eigenvalue weighted by molar-refractivity contribution is 14.1. The second-order valence-electron chi connectivity index (χ2n) is 5.56. The number of nitrogens with two attached hydrogens (primary N) is 1. The van der Waals surface area contributed by atoms with Gasteiger partial charge in [-0.05, 0) is 52.1 Å². The normalized spacial score (nSPS) is 11.7. The zero-order valence-corrected chi connectivity index (χ0v) is 13.5. The molecule has 0 spiro atoms. The predicted molar refractivity (Wildman–Crippen MR) is 84.5 cm³/mol. The molecule has 0 aliphatic heterocycles. The molecule has 0 heterocycles. The molecule has 0 unspecified atom stereocenters. The average Bonchev–Trinajstić information content (AvgIpc) is 2.29. The van der Waals surface area contributed by atoms with Crippen molar-refractivity contribution in [1.29, 1.82) is 0 Å². The molecule has 1 amide bonds. The van der Waals surface area contributed by atoms with Gasteiger partial charge in [0, 0.05) is 21.4 Å². The lowest BCUT2D eigenvalue weighted by Crippen LogP contribution is -2.37. The van der Waals surface area contributed by atoms with E-state index < -0.39 is 0 Å². The second-order valence-corrected chi connectivity index (χ2v) is 6.72. The molecule has 0 fully saturated rings. The molecular weight excluding hydrogens is 339 g/mol. The molecule has 4 heteroatoms. The first-order chi connectivity index (χ1) is 8.24. The number of carbonyl (C=O) groups is 1. The highest BCUT2D eigenvalue weighted by Gasteiger charge is 2.23. The van der Waals surface area contributed by atoms with Gasteiger partial charge in [-0.2, -0.15) is 0 Å². The summed E-state index contributed by atoms with van der Waals surface area (Å²) in [6.45, 7) is 9.32. The standard InChI is InChI=1S/C14H21IN2O/c1-9(2)14(3,4)8-17-13(18)10-5-6-12(16)11(15)7-10/h5-7,9H,8,16H2,1-4H3,(H,17,18).